The van der Waals surface area contributed by atoms with Crippen molar-refractivity contribution in [1.29, 1.82) is 0 Å². The summed E-state index contributed by atoms with van der Waals surface area (Å²) in [4.78, 5) is 26.0. The highest BCUT2D eigenvalue weighted by Crippen LogP contribution is 2.40. The van der Waals surface area contributed by atoms with E-state index in [1.54, 1.807) is 10.9 Å². The number of fused-ring (bicyclic) bond motifs is 1. The molecule has 4 atom stereocenters. The van der Waals surface area contributed by atoms with Gasteiger partial charge in [-0.1, -0.05) is 81.4 Å². The summed E-state index contributed by atoms with van der Waals surface area (Å²) >= 11 is 0. The van der Waals surface area contributed by atoms with Crippen LogP contribution in [0.25, 0.3) is 11.2 Å². The molecule has 1 aliphatic heterocycles. The molecule has 228 valence electrons. The molecule has 5 rings (SSSR count). The predicted molar refractivity (Wildman–Crippen MR) is 163 cm³/mol. The number of imidazole rings is 1. The van der Waals surface area contributed by atoms with Gasteiger partial charge in [-0.3, -0.25) is 4.57 Å². The number of nitrogens with two attached hydrogens (primary N) is 1. The SMILES string of the molecule is CC(C)(C)[Si](C)(C)OC[C@H]1O[C@@H](n2cnc3c(N)ncnc32)[C@H](OC(=O)OCc2ccccc2)[C@H]1OCc1ccccc1. The summed E-state index contributed by atoms with van der Waals surface area (Å²) in [7, 11) is -2.16. The lowest BCUT2D eigenvalue weighted by atomic mass is 10.1. The normalized spacial score (nSPS) is 20.8. The van der Waals surface area contributed by atoms with Gasteiger partial charge >= 0.3 is 6.16 Å². The van der Waals surface area contributed by atoms with Crippen molar-refractivity contribution in [1.82, 2.24) is 19.5 Å². The van der Waals surface area contributed by atoms with Crippen molar-refractivity contribution < 1.29 is 28.2 Å². The molecule has 11 nitrogen and oxygen atoms in total. The van der Waals surface area contributed by atoms with E-state index in [2.05, 4.69) is 48.8 Å². The van der Waals surface area contributed by atoms with Crippen LogP contribution in [-0.4, -0.2) is 58.9 Å². The topological polar surface area (TPSA) is 133 Å². The van der Waals surface area contributed by atoms with Crippen LogP contribution in [0.1, 0.15) is 38.1 Å². The van der Waals surface area contributed by atoms with Gasteiger partial charge in [0, 0.05) is 0 Å². The third kappa shape index (κ3) is 7.04. The van der Waals surface area contributed by atoms with Crippen molar-refractivity contribution in [2.45, 2.75) is 76.7 Å². The van der Waals surface area contributed by atoms with Gasteiger partial charge in [-0.15, -0.1) is 0 Å². The lowest BCUT2D eigenvalue weighted by molar-refractivity contribution is -0.0732. The Labute approximate surface area is 252 Å². The van der Waals surface area contributed by atoms with E-state index < -0.39 is 39.0 Å². The molecular weight excluding hydrogens is 566 g/mol. The van der Waals surface area contributed by atoms with Gasteiger partial charge in [0.1, 0.15) is 30.7 Å². The van der Waals surface area contributed by atoms with E-state index in [1.165, 1.54) is 6.33 Å². The molecule has 0 spiro atoms. The van der Waals surface area contributed by atoms with Crippen molar-refractivity contribution in [2.75, 3.05) is 12.3 Å². The summed E-state index contributed by atoms with van der Waals surface area (Å²) in [6.07, 6.45) is -0.985. The molecule has 0 amide bonds. The van der Waals surface area contributed by atoms with Crippen LogP contribution in [0.4, 0.5) is 10.6 Å². The van der Waals surface area contributed by atoms with E-state index in [4.69, 9.17) is 29.1 Å². The minimum absolute atomic E-state index is 0.0163. The van der Waals surface area contributed by atoms with Gasteiger partial charge in [-0.05, 0) is 29.3 Å². The lowest BCUT2D eigenvalue weighted by Crippen LogP contribution is -2.45. The average Bonchev–Trinajstić information content (AvgIpc) is 3.56. The average molecular weight is 606 g/mol. The van der Waals surface area contributed by atoms with E-state index in [0.717, 1.165) is 11.1 Å². The van der Waals surface area contributed by atoms with Crippen molar-refractivity contribution in [3.05, 3.63) is 84.4 Å². The first-order valence-corrected chi connectivity index (χ1v) is 17.2. The highest BCUT2D eigenvalue weighted by molar-refractivity contribution is 6.74. The maximum absolute atomic E-state index is 13.1. The summed E-state index contributed by atoms with van der Waals surface area (Å²) in [6.45, 7) is 11.5. The first kappa shape index (κ1) is 30.6. The molecular formula is C31H39N5O6Si. The van der Waals surface area contributed by atoms with Gasteiger partial charge in [0.25, 0.3) is 0 Å². The van der Waals surface area contributed by atoms with E-state index in [0.29, 0.717) is 11.2 Å². The Hall–Kier alpha value is -3.84. The number of ether oxygens (including phenoxy) is 4. The smallest absolute Gasteiger partial charge is 0.429 e. The Morgan fingerprint density at radius 1 is 0.953 bits per heavy atom. The first-order valence-electron chi connectivity index (χ1n) is 14.3. The third-order valence-electron chi connectivity index (χ3n) is 8.08. The summed E-state index contributed by atoms with van der Waals surface area (Å²) in [5, 5.41) is -0.0163. The number of hydrogen-bond donors (Lipinski definition) is 1. The number of nitrogen functional groups attached to an aromatic ring is 1. The van der Waals surface area contributed by atoms with Crippen LogP contribution in [0.5, 0.6) is 0 Å². The summed E-state index contributed by atoms with van der Waals surface area (Å²) in [5.41, 5.74) is 8.73. The van der Waals surface area contributed by atoms with Crippen molar-refractivity contribution in [2.24, 2.45) is 0 Å². The standard InChI is InChI=1S/C31H39N5O6Si/c1-31(2,3)43(4,5)40-18-23-25(38-16-21-12-8-6-9-13-21)26(42-30(37)39-17-22-14-10-7-11-15-22)29(41-23)36-20-35-24-27(32)33-19-34-28(24)36/h6-15,19-20,23,25-26,29H,16-18H2,1-5H3,(H2,32,33,34)/t23-,25+,26-,29-/m1/s1. The number of benzene rings is 2. The zero-order valence-corrected chi connectivity index (χ0v) is 26.2. The minimum atomic E-state index is -2.16. The molecule has 1 fully saturated rings. The fourth-order valence-corrected chi connectivity index (χ4v) is 5.60. The van der Waals surface area contributed by atoms with Crippen LogP contribution in [0.15, 0.2) is 73.3 Å². The fraction of sp³-hybridized carbons (Fsp3) is 0.419. The minimum Gasteiger partial charge on any atom is -0.429 e. The number of nitrogens with zero attached hydrogens (tertiary/aromatic N) is 4. The maximum atomic E-state index is 13.1. The van der Waals surface area contributed by atoms with Gasteiger partial charge in [-0.25, -0.2) is 19.7 Å². The quantitative estimate of drug-likeness (QED) is 0.179. The molecule has 0 unspecified atom stereocenters. The molecule has 12 heteroatoms. The molecule has 43 heavy (non-hydrogen) atoms. The van der Waals surface area contributed by atoms with Crippen molar-refractivity contribution in [3.8, 4) is 0 Å². The summed E-state index contributed by atoms with van der Waals surface area (Å²) in [6, 6.07) is 19.2. The Bertz CT molecular complexity index is 1510. The Balaban J connectivity index is 1.46. The van der Waals surface area contributed by atoms with Gasteiger partial charge < -0.3 is 29.1 Å². The van der Waals surface area contributed by atoms with E-state index in [-0.39, 0.29) is 30.7 Å². The Morgan fingerprint density at radius 2 is 1.60 bits per heavy atom. The third-order valence-corrected chi connectivity index (χ3v) is 12.6. The van der Waals surface area contributed by atoms with Gasteiger partial charge in [-0.2, -0.15) is 0 Å². The summed E-state index contributed by atoms with van der Waals surface area (Å²) < 4.78 is 32.9. The molecule has 2 aromatic carbocycles. The molecule has 0 radical (unpaired) electrons. The van der Waals surface area contributed by atoms with Gasteiger partial charge in [0.05, 0.1) is 19.5 Å². The second kappa shape index (κ2) is 12.8. The van der Waals surface area contributed by atoms with Crippen molar-refractivity contribution >= 4 is 31.5 Å². The Morgan fingerprint density at radius 3 is 2.26 bits per heavy atom. The molecule has 1 saturated heterocycles. The van der Waals surface area contributed by atoms with E-state index >= 15 is 0 Å². The highest BCUT2D eigenvalue weighted by Gasteiger charge is 2.51. The number of aromatic nitrogens is 4. The number of carbonyl (C=O) groups excluding carboxylic acids is 1. The highest BCUT2D eigenvalue weighted by atomic mass is 28.4. The molecule has 2 N–H and O–H groups in total. The van der Waals surface area contributed by atoms with Crippen LogP contribution in [0, 0.1) is 0 Å². The first-order chi connectivity index (χ1) is 20.5. The molecule has 0 bridgehead atoms. The van der Waals surface area contributed by atoms with Crippen LogP contribution in [-0.2, 0) is 36.6 Å². The zero-order valence-electron chi connectivity index (χ0n) is 25.2. The van der Waals surface area contributed by atoms with Crippen LogP contribution in [0.3, 0.4) is 0 Å². The molecule has 4 aromatic rings. The predicted octanol–water partition coefficient (Wildman–Crippen LogP) is 5.64. The Kier molecular flexibility index (Phi) is 9.11. The monoisotopic (exact) mass is 605 g/mol. The zero-order chi connectivity index (χ0) is 30.6. The fourth-order valence-electron chi connectivity index (χ4n) is 4.58. The van der Waals surface area contributed by atoms with Gasteiger partial charge in [0.15, 0.2) is 32.1 Å². The van der Waals surface area contributed by atoms with Gasteiger partial charge in [0.2, 0.25) is 0 Å². The second-order valence-electron chi connectivity index (χ2n) is 12.1. The summed E-state index contributed by atoms with van der Waals surface area (Å²) in [5.74, 6) is 0.233. The maximum Gasteiger partial charge on any atom is 0.509 e. The number of rotatable bonds is 10. The van der Waals surface area contributed by atoms with Crippen LogP contribution in [0.2, 0.25) is 18.1 Å². The number of hydrogen-bond acceptors (Lipinski definition) is 10. The van der Waals surface area contributed by atoms with Crippen LogP contribution < -0.4 is 5.73 Å². The molecule has 0 saturated carbocycles. The second-order valence-corrected chi connectivity index (χ2v) is 16.9. The van der Waals surface area contributed by atoms with E-state index in [1.807, 2.05) is 60.7 Å². The molecule has 2 aromatic heterocycles. The largest absolute Gasteiger partial charge is 0.509 e. The number of carbonyl (C=O) groups is 1. The number of anilines is 1. The van der Waals surface area contributed by atoms with Crippen molar-refractivity contribution in [3.63, 3.8) is 0 Å². The molecule has 0 aliphatic carbocycles. The van der Waals surface area contributed by atoms with E-state index in [9.17, 15) is 4.79 Å². The lowest BCUT2D eigenvalue weighted by Gasteiger charge is -2.37. The van der Waals surface area contributed by atoms with Crippen LogP contribution >= 0.6 is 0 Å². The molecule has 3 heterocycles. The molecule has 1 aliphatic rings.